The van der Waals surface area contributed by atoms with Gasteiger partial charge >= 0.3 is 5.69 Å². The van der Waals surface area contributed by atoms with Crippen LogP contribution in [0.3, 0.4) is 0 Å². The lowest BCUT2D eigenvalue weighted by atomic mass is 10.3. The third kappa shape index (κ3) is 2.94. The summed E-state index contributed by atoms with van der Waals surface area (Å²) in [5.41, 5.74) is -0.338. The van der Waals surface area contributed by atoms with Gasteiger partial charge in [-0.15, -0.1) is 0 Å². The molecule has 0 aliphatic rings. The molecule has 2 rings (SSSR count). The number of nitro benzene ring substituents is 1. The molecule has 0 saturated carbocycles. The summed E-state index contributed by atoms with van der Waals surface area (Å²) in [5.74, 6) is -0.137. The highest BCUT2D eigenvalue weighted by Gasteiger charge is 2.23. The minimum absolute atomic E-state index is 0.0723. The van der Waals surface area contributed by atoms with Crippen molar-refractivity contribution in [3.8, 4) is 11.5 Å². The maximum atomic E-state index is 11.0. The Morgan fingerprint density at radius 1 is 0.900 bits per heavy atom. The first-order valence-corrected chi connectivity index (χ1v) is 6.67. The van der Waals surface area contributed by atoms with Crippen LogP contribution in [0.15, 0.2) is 30.3 Å². The molecule has 0 amide bonds. The lowest BCUT2D eigenvalue weighted by Crippen LogP contribution is -1.95. The molecule has 0 fully saturated rings. The van der Waals surface area contributed by atoms with Gasteiger partial charge in [0.2, 0.25) is 5.75 Å². The van der Waals surface area contributed by atoms with Crippen LogP contribution in [0, 0.1) is 10.1 Å². The average Bonchev–Trinajstić information content (AvgIpc) is 2.38. The van der Waals surface area contributed by atoms with E-state index in [0.29, 0.717) is 0 Å². The third-order valence-electron chi connectivity index (χ3n) is 2.35. The summed E-state index contributed by atoms with van der Waals surface area (Å²) < 4.78 is 5.42. The van der Waals surface area contributed by atoms with Crippen LogP contribution in [0.5, 0.6) is 11.5 Å². The Labute approximate surface area is 133 Å². The molecule has 4 nitrogen and oxygen atoms in total. The zero-order chi connectivity index (χ0) is 14.9. The largest absolute Gasteiger partial charge is 0.445 e. The molecule has 104 valence electrons. The number of halogens is 4. The van der Waals surface area contributed by atoms with Gasteiger partial charge in [0.15, 0.2) is 5.75 Å². The first kappa shape index (κ1) is 15.2. The molecule has 0 heterocycles. The van der Waals surface area contributed by atoms with E-state index < -0.39 is 4.92 Å². The number of para-hydroxylation sites is 1. The zero-order valence-corrected chi connectivity index (χ0v) is 12.6. The molecular formula is C12H5Cl4NO3. The van der Waals surface area contributed by atoms with Crippen molar-refractivity contribution in [1.82, 2.24) is 0 Å². The predicted octanol–water partition coefficient (Wildman–Crippen LogP) is 6.00. The van der Waals surface area contributed by atoms with Crippen molar-refractivity contribution in [2.45, 2.75) is 0 Å². The molecule has 2 aromatic rings. The van der Waals surface area contributed by atoms with Crippen molar-refractivity contribution in [3.63, 3.8) is 0 Å². The molecule has 0 N–H and O–H groups in total. The fraction of sp³-hybridized carbons (Fsp3) is 0. The summed E-state index contributed by atoms with van der Waals surface area (Å²) in [6.45, 7) is 0. The van der Waals surface area contributed by atoms with Crippen molar-refractivity contribution in [1.29, 1.82) is 0 Å². The highest BCUT2D eigenvalue weighted by atomic mass is 35.5. The van der Waals surface area contributed by atoms with Crippen LogP contribution in [0.4, 0.5) is 5.69 Å². The van der Waals surface area contributed by atoms with Crippen molar-refractivity contribution < 1.29 is 9.66 Å². The molecule has 0 spiro atoms. The van der Waals surface area contributed by atoms with Crippen molar-refractivity contribution >= 4 is 52.1 Å². The quantitative estimate of drug-likeness (QED) is 0.502. The lowest BCUT2D eigenvalue weighted by molar-refractivity contribution is -0.385. The third-order valence-corrected chi connectivity index (χ3v) is 3.73. The smallest absolute Gasteiger partial charge is 0.313 e. The summed E-state index contributed by atoms with van der Waals surface area (Å²) in [6.07, 6.45) is 0. The Balaban J connectivity index is 2.58. The van der Waals surface area contributed by atoms with Crippen molar-refractivity contribution in [3.05, 3.63) is 60.5 Å². The summed E-state index contributed by atoms with van der Waals surface area (Å²) in [6, 6.07) is 7.18. The van der Waals surface area contributed by atoms with E-state index in [1.807, 2.05) is 0 Å². The average molecular weight is 353 g/mol. The van der Waals surface area contributed by atoms with E-state index in [9.17, 15) is 10.1 Å². The maximum Gasteiger partial charge on any atom is 0.313 e. The van der Waals surface area contributed by atoms with E-state index in [1.54, 1.807) is 6.07 Å². The van der Waals surface area contributed by atoms with Gasteiger partial charge in [-0.2, -0.15) is 0 Å². The number of hydrogen-bond acceptors (Lipinski definition) is 3. The summed E-state index contributed by atoms with van der Waals surface area (Å²) >= 11 is 23.7. The minimum atomic E-state index is -0.637. The first-order valence-electron chi connectivity index (χ1n) is 5.16. The predicted molar refractivity (Wildman–Crippen MR) is 79.7 cm³/mol. The number of benzene rings is 2. The SMILES string of the molecule is O=[N+]([O-])c1ccc(Cl)c(Cl)c1Oc1c(Cl)cccc1Cl. The van der Waals surface area contributed by atoms with Gasteiger partial charge in [0, 0.05) is 6.07 Å². The van der Waals surface area contributed by atoms with Crippen LogP contribution >= 0.6 is 46.4 Å². The number of nitrogens with zero attached hydrogens (tertiary/aromatic N) is 1. The van der Waals surface area contributed by atoms with Crippen LogP contribution in [-0.2, 0) is 0 Å². The normalized spacial score (nSPS) is 10.4. The van der Waals surface area contributed by atoms with Gasteiger partial charge in [0.1, 0.15) is 5.02 Å². The second kappa shape index (κ2) is 6.06. The molecule has 0 atom stereocenters. The molecule has 0 aliphatic heterocycles. The van der Waals surface area contributed by atoms with E-state index in [2.05, 4.69) is 0 Å². The fourth-order valence-electron chi connectivity index (χ4n) is 1.44. The molecule has 2 aromatic carbocycles. The topological polar surface area (TPSA) is 52.4 Å². The second-order valence-corrected chi connectivity index (χ2v) is 5.22. The van der Waals surface area contributed by atoms with Crippen molar-refractivity contribution in [2.24, 2.45) is 0 Å². The maximum absolute atomic E-state index is 11.0. The van der Waals surface area contributed by atoms with Gasteiger partial charge in [-0.3, -0.25) is 10.1 Å². The van der Waals surface area contributed by atoms with E-state index in [4.69, 9.17) is 51.1 Å². The standard InChI is InChI=1S/C12H5Cl4NO3/c13-6-4-5-9(17(18)19)12(10(6)16)20-11-7(14)2-1-3-8(11)15/h1-5H. The van der Waals surface area contributed by atoms with E-state index in [-0.39, 0.29) is 37.3 Å². The van der Waals surface area contributed by atoms with Gasteiger partial charge in [0.25, 0.3) is 0 Å². The van der Waals surface area contributed by atoms with Gasteiger partial charge in [-0.25, -0.2) is 0 Å². The molecule has 8 heteroatoms. The van der Waals surface area contributed by atoms with E-state index in [0.717, 1.165) is 0 Å². The molecule has 0 aliphatic carbocycles. The van der Waals surface area contributed by atoms with E-state index >= 15 is 0 Å². The monoisotopic (exact) mass is 351 g/mol. The Kier molecular flexibility index (Phi) is 4.60. The number of rotatable bonds is 3. The molecule has 0 radical (unpaired) electrons. The lowest BCUT2D eigenvalue weighted by Gasteiger charge is -2.11. The Hall–Kier alpha value is -1.20. The van der Waals surface area contributed by atoms with Gasteiger partial charge in [-0.05, 0) is 18.2 Å². The molecule has 0 saturated heterocycles. The molecule has 0 unspecified atom stereocenters. The van der Waals surface area contributed by atoms with Crippen LogP contribution < -0.4 is 4.74 Å². The molecule has 0 bridgehead atoms. The van der Waals surface area contributed by atoms with Crippen LogP contribution in [-0.4, -0.2) is 4.92 Å². The Morgan fingerprint density at radius 2 is 1.50 bits per heavy atom. The summed E-state index contributed by atoms with van der Waals surface area (Å²) in [4.78, 5) is 10.4. The number of hydrogen-bond donors (Lipinski definition) is 0. The number of nitro groups is 1. The molecule has 0 aromatic heterocycles. The van der Waals surface area contributed by atoms with Gasteiger partial charge in [0.05, 0.1) is 20.0 Å². The second-order valence-electron chi connectivity index (χ2n) is 3.62. The van der Waals surface area contributed by atoms with Crippen molar-refractivity contribution in [2.75, 3.05) is 0 Å². The molecule has 20 heavy (non-hydrogen) atoms. The summed E-state index contributed by atoms with van der Waals surface area (Å²) in [5, 5.41) is 11.4. The Bertz CT molecular complexity index is 670. The molecular weight excluding hydrogens is 348 g/mol. The van der Waals surface area contributed by atoms with Crippen LogP contribution in [0.25, 0.3) is 0 Å². The van der Waals surface area contributed by atoms with Crippen LogP contribution in [0.2, 0.25) is 20.1 Å². The summed E-state index contributed by atoms with van der Waals surface area (Å²) in [7, 11) is 0. The minimum Gasteiger partial charge on any atom is -0.445 e. The first-order chi connectivity index (χ1) is 9.41. The number of ether oxygens (including phenoxy) is 1. The van der Waals surface area contributed by atoms with Crippen LogP contribution in [0.1, 0.15) is 0 Å². The fourth-order valence-corrected chi connectivity index (χ4v) is 2.27. The highest BCUT2D eigenvalue weighted by molar-refractivity contribution is 6.43. The van der Waals surface area contributed by atoms with Gasteiger partial charge in [-0.1, -0.05) is 52.5 Å². The highest BCUT2D eigenvalue weighted by Crippen LogP contribution is 2.45. The Morgan fingerprint density at radius 3 is 2.05 bits per heavy atom. The zero-order valence-electron chi connectivity index (χ0n) is 9.57. The van der Waals surface area contributed by atoms with Gasteiger partial charge < -0.3 is 4.74 Å². The van der Waals surface area contributed by atoms with E-state index in [1.165, 1.54) is 24.3 Å².